The fourth-order valence-corrected chi connectivity index (χ4v) is 2.93. The number of aryl methyl sites for hydroxylation is 1. The van der Waals surface area contributed by atoms with Crippen LogP contribution in [0.25, 0.3) is 0 Å². The number of carbonyl (C=O) groups is 2. The van der Waals surface area contributed by atoms with Crippen molar-refractivity contribution in [1.29, 1.82) is 0 Å². The number of anilines is 1. The van der Waals surface area contributed by atoms with Crippen LogP contribution in [0.5, 0.6) is 5.75 Å². The molecular formula is C20H22N2O3. The van der Waals surface area contributed by atoms with Crippen molar-refractivity contribution in [3.63, 3.8) is 0 Å². The lowest BCUT2D eigenvalue weighted by Crippen LogP contribution is -2.49. The Balaban J connectivity index is 1.86. The summed E-state index contributed by atoms with van der Waals surface area (Å²) in [5, 5.41) is 0. The topological polar surface area (TPSA) is 72.6 Å². The zero-order chi connectivity index (χ0) is 17.8. The molecule has 1 atom stereocenters. The summed E-state index contributed by atoms with van der Waals surface area (Å²) in [6, 6.07) is 14.8. The van der Waals surface area contributed by atoms with Crippen molar-refractivity contribution < 1.29 is 14.3 Å². The number of unbranched alkanes of at least 4 members (excludes halogenated alkanes) is 1. The third kappa shape index (κ3) is 3.65. The Hall–Kier alpha value is -2.82. The first kappa shape index (κ1) is 17.0. The highest BCUT2D eigenvalue weighted by Crippen LogP contribution is 2.34. The maximum atomic E-state index is 13.0. The van der Waals surface area contributed by atoms with E-state index in [1.54, 1.807) is 23.1 Å². The lowest BCUT2D eigenvalue weighted by atomic mass is 10.0. The van der Waals surface area contributed by atoms with E-state index in [1.807, 2.05) is 30.3 Å². The Morgan fingerprint density at radius 1 is 1.16 bits per heavy atom. The highest BCUT2D eigenvalue weighted by Gasteiger charge is 2.32. The van der Waals surface area contributed by atoms with Gasteiger partial charge in [-0.15, -0.1) is 0 Å². The van der Waals surface area contributed by atoms with Gasteiger partial charge in [0, 0.05) is 5.56 Å². The number of carbonyl (C=O) groups excluding carboxylic acids is 2. The van der Waals surface area contributed by atoms with Gasteiger partial charge >= 0.3 is 0 Å². The number of nitrogens with two attached hydrogens (primary N) is 1. The van der Waals surface area contributed by atoms with Crippen LogP contribution in [0.3, 0.4) is 0 Å². The van der Waals surface area contributed by atoms with Crippen LogP contribution in [0.15, 0.2) is 48.5 Å². The lowest BCUT2D eigenvalue weighted by Gasteiger charge is -2.33. The number of para-hydroxylation sites is 2. The van der Waals surface area contributed by atoms with Crippen molar-refractivity contribution >= 4 is 17.5 Å². The average molecular weight is 338 g/mol. The van der Waals surface area contributed by atoms with Crippen molar-refractivity contribution in [3.8, 4) is 5.75 Å². The van der Waals surface area contributed by atoms with E-state index in [-0.39, 0.29) is 12.5 Å². The van der Waals surface area contributed by atoms with Gasteiger partial charge in [-0.1, -0.05) is 37.6 Å². The zero-order valence-corrected chi connectivity index (χ0v) is 14.3. The molecule has 2 N–H and O–H groups in total. The number of ether oxygens (including phenoxy) is 1. The number of hydrogen-bond acceptors (Lipinski definition) is 3. The summed E-state index contributed by atoms with van der Waals surface area (Å²) in [4.78, 5) is 26.1. The first-order chi connectivity index (χ1) is 12.1. The minimum Gasteiger partial charge on any atom is -0.477 e. The minimum absolute atomic E-state index is 0.114. The first-order valence-corrected chi connectivity index (χ1v) is 8.56. The largest absolute Gasteiger partial charge is 0.477 e. The number of rotatable bonds is 5. The highest BCUT2D eigenvalue weighted by molar-refractivity contribution is 6.07. The summed E-state index contributed by atoms with van der Waals surface area (Å²) in [7, 11) is 0. The Kier molecular flexibility index (Phi) is 5.03. The van der Waals surface area contributed by atoms with Crippen LogP contribution in [0.1, 0.15) is 35.7 Å². The first-order valence-electron chi connectivity index (χ1n) is 8.56. The number of hydrogen-bond donors (Lipinski definition) is 1. The molecule has 0 spiro atoms. The van der Waals surface area contributed by atoms with Crippen LogP contribution in [0, 0.1) is 0 Å². The molecule has 0 aliphatic carbocycles. The van der Waals surface area contributed by atoms with E-state index in [4.69, 9.17) is 10.5 Å². The Bertz CT molecular complexity index is 771. The predicted molar refractivity (Wildman–Crippen MR) is 96.8 cm³/mol. The van der Waals surface area contributed by atoms with Gasteiger partial charge < -0.3 is 15.4 Å². The quantitative estimate of drug-likeness (QED) is 0.911. The molecule has 0 saturated carbocycles. The molecule has 2 aromatic rings. The number of benzene rings is 2. The molecule has 1 heterocycles. The number of nitrogens with zero attached hydrogens (tertiary/aromatic N) is 1. The summed E-state index contributed by atoms with van der Waals surface area (Å²) in [6.45, 7) is 2.27. The molecule has 5 nitrogen and oxygen atoms in total. The van der Waals surface area contributed by atoms with Crippen LogP contribution in [-0.2, 0) is 11.2 Å². The van der Waals surface area contributed by atoms with Gasteiger partial charge in [0.05, 0.1) is 12.2 Å². The van der Waals surface area contributed by atoms with Crippen LogP contribution in [0.2, 0.25) is 0 Å². The molecule has 2 aromatic carbocycles. The van der Waals surface area contributed by atoms with E-state index < -0.39 is 12.0 Å². The molecule has 1 aliphatic heterocycles. The van der Waals surface area contributed by atoms with Crippen LogP contribution < -0.4 is 15.4 Å². The van der Waals surface area contributed by atoms with E-state index in [9.17, 15) is 9.59 Å². The molecule has 0 unspecified atom stereocenters. The average Bonchev–Trinajstić information content (AvgIpc) is 2.65. The van der Waals surface area contributed by atoms with E-state index in [0.29, 0.717) is 17.0 Å². The van der Waals surface area contributed by atoms with Gasteiger partial charge in [0.2, 0.25) is 0 Å². The molecule has 130 valence electrons. The van der Waals surface area contributed by atoms with Crippen LogP contribution in [-0.4, -0.2) is 24.5 Å². The molecular weight excluding hydrogens is 316 g/mol. The molecule has 3 rings (SSSR count). The van der Waals surface area contributed by atoms with Gasteiger partial charge in [0.25, 0.3) is 11.8 Å². The minimum atomic E-state index is -0.845. The standard InChI is InChI=1S/C20H22N2O3/c1-2-3-6-14-9-11-15(12-10-14)20(24)22-13-18(19(21)23)25-17-8-5-4-7-16(17)22/h4-5,7-12,18H,2-3,6,13H2,1H3,(H2,21,23)/t18-/m0/s1. The van der Waals surface area contributed by atoms with Gasteiger partial charge in [0.15, 0.2) is 6.10 Å². The molecule has 0 radical (unpaired) electrons. The molecule has 0 fully saturated rings. The molecule has 25 heavy (non-hydrogen) atoms. The second kappa shape index (κ2) is 7.38. The number of amides is 2. The fourth-order valence-electron chi connectivity index (χ4n) is 2.93. The maximum absolute atomic E-state index is 13.0. The summed E-state index contributed by atoms with van der Waals surface area (Å²) in [5.41, 5.74) is 7.84. The van der Waals surface area contributed by atoms with Crippen molar-refractivity contribution in [2.24, 2.45) is 5.73 Å². The van der Waals surface area contributed by atoms with Crippen molar-refractivity contribution in [1.82, 2.24) is 0 Å². The maximum Gasteiger partial charge on any atom is 0.260 e. The molecule has 1 aliphatic rings. The summed E-state index contributed by atoms with van der Waals surface area (Å²) in [6.07, 6.45) is 2.43. The van der Waals surface area contributed by atoms with E-state index >= 15 is 0 Å². The second-order valence-electron chi connectivity index (χ2n) is 6.19. The Morgan fingerprint density at radius 2 is 1.88 bits per heavy atom. The van der Waals surface area contributed by atoms with E-state index in [2.05, 4.69) is 6.92 Å². The van der Waals surface area contributed by atoms with Gasteiger partial charge in [0.1, 0.15) is 5.75 Å². The lowest BCUT2D eigenvalue weighted by molar-refractivity contribution is -0.124. The van der Waals surface area contributed by atoms with Crippen molar-refractivity contribution in [3.05, 3.63) is 59.7 Å². The van der Waals surface area contributed by atoms with Crippen LogP contribution >= 0.6 is 0 Å². The Labute approximate surface area is 147 Å². The normalized spacial score (nSPS) is 16.0. The van der Waals surface area contributed by atoms with E-state index in [0.717, 1.165) is 19.3 Å². The summed E-state index contributed by atoms with van der Waals surface area (Å²) < 4.78 is 5.60. The summed E-state index contributed by atoms with van der Waals surface area (Å²) >= 11 is 0. The molecule has 2 amide bonds. The third-order valence-corrected chi connectivity index (χ3v) is 4.36. The van der Waals surface area contributed by atoms with E-state index in [1.165, 1.54) is 5.56 Å². The molecule has 0 bridgehead atoms. The second-order valence-corrected chi connectivity index (χ2v) is 6.19. The third-order valence-electron chi connectivity index (χ3n) is 4.36. The fraction of sp³-hybridized carbons (Fsp3) is 0.300. The monoisotopic (exact) mass is 338 g/mol. The Morgan fingerprint density at radius 3 is 2.56 bits per heavy atom. The van der Waals surface area contributed by atoms with Crippen molar-refractivity contribution in [2.45, 2.75) is 32.3 Å². The highest BCUT2D eigenvalue weighted by atomic mass is 16.5. The van der Waals surface area contributed by atoms with Gasteiger partial charge in [-0.2, -0.15) is 0 Å². The zero-order valence-electron chi connectivity index (χ0n) is 14.3. The van der Waals surface area contributed by atoms with Crippen LogP contribution in [0.4, 0.5) is 5.69 Å². The summed E-state index contributed by atoms with van der Waals surface area (Å²) in [5.74, 6) is -0.253. The van der Waals surface area contributed by atoms with Gasteiger partial charge in [-0.25, -0.2) is 0 Å². The number of fused-ring (bicyclic) bond motifs is 1. The molecule has 5 heteroatoms. The smallest absolute Gasteiger partial charge is 0.260 e. The predicted octanol–water partition coefficient (Wildman–Crippen LogP) is 2.92. The molecule has 0 saturated heterocycles. The van der Waals surface area contributed by atoms with Crippen molar-refractivity contribution in [2.75, 3.05) is 11.4 Å². The molecule has 0 aromatic heterocycles. The SMILES string of the molecule is CCCCc1ccc(C(=O)N2C[C@@H](C(N)=O)Oc3ccccc32)cc1. The number of primary amides is 1. The van der Waals surface area contributed by atoms with Gasteiger partial charge in [-0.05, 0) is 42.7 Å². The van der Waals surface area contributed by atoms with Gasteiger partial charge in [-0.3, -0.25) is 9.59 Å².